The van der Waals surface area contributed by atoms with Crippen molar-refractivity contribution in [3.63, 3.8) is 0 Å². The van der Waals surface area contributed by atoms with Crippen LogP contribution in [0.5, 0.6) is 0 Å². The number of nitrogens with zero attached hydrogens (tertiary/aromatic N) is 5. The van der Waals surface area contributed by atoms with E-state index in [2.05, 4.69) is 57.4 Å². The molecule has 0 spiro atoms. The van der Waals surface area contributed by atoms with Crippen molar-refractivity contribution in [2.75, 3.05) is 25.0 Å². The summed E-state index contributed by atoms with van der Waals surface area (Å²) in [5, 5.41) is 17.4. The molecule has 0 bridgehead atoms. The molecule has 3 aromatic rings. The van der Waals surface area contributed by atoms with Gasteiger partial charge in [0.15, 0.2) is 0 Å². The lowest BCUT2D eigenvalue weighted by Gasteiger charge is -2.25. The first-order valence-corrected chi connectivity index (χ1v) is 8.62. The maximum atomic E-state index is 9.23. The lowest BCUT2D eigenvalue weighted by atomic mass is 10.0. The Morgan fingerprint density at radius 3 is 2.77 bits per heavy atom. The molecule has 0 aliphatic carbocycles. The minimum absolute atomic E-state index is 0.679. The van der Waals surface area contributed by atoms with Gasteiger partial charge in [-0.2, -0.15) is 15.5 Å². The molecule has 0 amide bonds. The average Bonchev–Trinajstić information content (AvgIpc) is 2.86. The first-order chi connectivity index (χ1) is 12.7. The number of anilines is 2. The Labute approximate surface area is 153 Å². The zero-order chi connectivity index (χ0) is 17.9. The molecule has 0 N–H and O–H groups in total. The molecule has 5 nitrogen and oxygen atoms in total. The molecule has 2 heterocycles. The highest BCUT2D eigenvalue weighted by molar-refractivity contribution is 5.72. The minimum Gasteiger partial charge on any atom is -0.340 e. The lowest BCUT2D eigenvalue weighted by molar-refractivity contribution is 0.343. The normalized spacial score (nSPS) is 14.4. The average molecular weight is 341 g/mol. The van der Waals surface area contributed by atoms with E-state index in [4.69, 9.17) is 0 Å². The van der Waals surface area contributed by atoms with Crippen LogP contribution in [-0.2, 0) is 6.54 Å². The van der Waals surface area contributed by atoms with Gasteiger partial charge in [-0.3, -0.25) is 0 Å². The molecule has 0 saturated heterocycles. The number of hydrogen-bond donors (Lipinski definition) is 0. The summed E-state index contributed by atoms with van der Waals surface area (Å²) in [6, 6.07) is 20.3. The molecule has 0 atom stereocenters. The molecule has 1 aromatic heterocycles. The molecule has 1 aliphatic heterocycles. The van der Waals surface area contributed by atoms with Crippen LogP contribution in [0.25, 0.3) is 11.3 Å². The van der Waals surface area contributed by atoms with Crippen LogP contribution in [-0.4, -0.2) is 35.2 Å². The fourth-order valence-electron chi connectivity index (χ4n) is 3.36. The van der Waals surface area contributed by atoms with Crippen molar-refractivity contribution >= 4 is 11.4 Å². The summed E-state index contributed by atoms with van der Waals surface area (Å²) < 4.78 is 0. The second kappa shape index (κ2) is 6.95. The summed E-state index contributed by atoms with van der Waals surface area (Å²) in [5.74, 6) is 0. The third-order valence-corrected chi connectivity index (χ3v) is 4.67. The molecule has 0 radical (unpaired) electrons. The van der Waals surface area contributed by atoms with E-state index in [9.17, 15) is 5.26 Å². The number of nitriles is 1. The van der Waals surface area contributed by atoms with Gasteiger partial charge in [-0.1, -0.05) is 12.1 Å². The number of rotatable bonds is 2. The Bertz CT molecular complexity index is 962. The van der Waals surface area contributed by atoms with Crippen LogP contribution >= 0.6 is 0 Å². The Balaban J connectivity index is 1.79. The Morgan fingerprint density at radius 1 is 1.04 bits per heavy atom. The van der Waals surface area contributed by atoms with E-state index < -0.39 is 0 Å². The van der Waals surface area contributed by atoms with Crippen LogP contribution < -0.4 is 4.90 Å². The monoisotopic (exact) mass is 341 g/mol. The standard InChI is InChI=1S/C21H19N5/c1-25-10-11-26(19-5-2-4-16(12-19)14-22)21-8-7-17(13-18(21)15-25)20-6-3-9-23-24-20/h2-9,12-13H,10-11,15H2,1H3. The Kier molecular flexibility index (Phi) is 4.34. The van der Waals surface area contributed by atoms with Gasteiger partial charge in [0.2, 0.25) is 0 Å². The molecule has 1 aliphatic rings. The summed E-state index contributed by atoms with van der Waals surface area (Å²) >= 11 is 0. The van der Waals surface area contributed by atoms with E-state index in [-0.39, 0.29) is 0 Å². The number of benzene rings is 2. The quantitative estimate of drug-likeness (QED) is 0.713. The van der Waals surface area contributed by atoms with E-state index in [1.165, 1.54) is 11.3 Å². The van der Waals surface area contributed by atoms with Crippen LogP contribution in [0.3, 0.4) is 0 Å². The molecular weight excluding hydrogens is 322 g/mol. The molecule has 0 unspecified atom stereocenters. The van der Waals surface area contributed by atoms with Gasteiger partial charge < -0.3 is 9.80 Å². The van der Waals surface area contributed by atoms with Gasteiger partial charge in [-0.25, -0.2) is 0 Å². The van der Waals surface area contributed by atoms with Crippen LogP contribution in [0.2, 0.25) is 0 Å². The minimum atomic E-state index is 0.679. The van der Waals surface area contributed by atoms with Crippen LogP contribution in [0.1, 0.15) is 11.1 Å². The van der Waals surface area contributed by atoms with Crippen molar-refractivity contribution in [3.05, 3.63) is 71.9 Å². The molecule has 26 heavy (non-hydrogen) atoms. The van der Waals surface area contributed by atoms with E-state index in [0.717, 1.165) is 36.6 Å². The number of fused-ring (bicyclic) bond motifs is 1. The van der Waals surface area contributed by atoms with Crippen LogP contribution in [0.15, 0.2) is 60.8 Å². The smallest absolute Gasteiger partial charge is 0.0992 e. The molecule has 0 saturated carbocycles. The molecule has 2 aromatic carbocycles. The zero-order valence-corrected chi connectivity index (χ0v) is 14.6. The van der Waals surface area contributed by atoms with Gasteiger partial charge >= 0.3 is 0 Å². The predicted octanol–water partition coefficient (Wildman–Crippen LogP) is 3.60. The van der Waals surface area contributed by atoms with Crippen molar-refractivity contribution in [2.45, 2.75) is 6.54 Å². The Hall–Kier alpha value is -3.23. The fraction of sp³-hybridized carbons (Fsp3) is 0.190. The molecule has 128 valence electrons. The highest BCUT2D eigenvalue weighted by atomic mass is 15.2. The summed E-state index contributed by atoms with van der Waals surface area (Å²) in [7, 11) is 2.13. The van der Waals surface area contributed by atoms with Gasteiger partial charge in [-0.15, -0.1) is 0 Å². The lowest BCUT2D eigenvalue weighted by Crippen LogP contribution is -2.26. The summed E-state index contributed by atoms with van der Waals surface area (Å²) in [6.07, 6.45) is 1.69. The number of hydrogen-bond acceptors (Lipinski definition) is 5. The van der Waals surface area contributed by atoms with E-state index >= 15 is 0 Å². The maximum Gasteiger partial charge on any atom is 0.0992 e. The summed E-state index contributed by atoms with van der Waals surface area (Å²) in [5.41, 5.74) is 6.09. The molecular formula is C21H19N5. The van der Waals surface area contributed by atoms with E-state index in [1.807, 2.05) is 30.3 Å². The highest BCUT2D eigenvalue weighted by Crippen LogP contribution is 2.34. The van der Waals surface area contributed by atoms with Gasteiger partial charge in [0.1, 0.15) is 0 Å². The maximum absolute atomic E-state index is 9.23. The van der Waals surface area contributed by atoms with Crippen molar-refractivity contribution < 1.29 is 0 Å². The Morgan fingerprint density at radius 2 is 1.96 bits per heavy atom. The summed E-state index contributed by atoms with van der Waals surface area (Å²) in [4.78, 5) is 4.60. The topological polar surface area (TPSA) is 56.0 Å². The van der Waals surface area contributed by atoms with Crippen molar-refractivity contribution in [1.29, 1.82) is 5.26 Å². The van der Waals surface area contributed by atoms with Crippen LogP contribution in [0.4, 0.5) is 11.4 Å². The van der Waals surface area contributed by atoms with E-state index in [0.29, 0.717) is 5.56 Å². The number of aromatic nitrogens is 2. The fourth-order valence-corrected chi connectivity index (χ4v) is 3.36. The molecule has 4 rings (SSSR count). The van der Waals surface area contributed by atoms with Crippen molar-refractivity contribution in [1.82, 2.24) is 15.1 Å². The largest absolute Gasteiger partial charge is 0.340 e. The van der Waals surface area contributed by atoms with Gasteiger partial charge in [-0.05, 0) is 55.1 Å². The first kappa shape index (κ1) is 16.2. The second-order valence-electron chi connectivity index (χ2n) is 6.50. The highest BCUT2D eigenvalue weighted by Gasteiger charge is 2.20. The first-order valence-electron chi connectivity index (χ1n) is 8.62. The zero-order valence-electron chi connectivity index (χ0n) is 14.6. The van der Waals surface area contributed by atoms with Crippen LogP contribution in [0, 0.1) is 11.3 Å². The summed E-state index contributed by atoms with van der Waals surface area (Å²) in [6.45, 7) is 2.70. The number of likely N-dealkylation sites (N-methyl/N-ethyl adjacent to an activating group) is 1. The van der Waals surface area contributed by atoms with Crippen molar-refractivity contribution in [3.8, 4) is 17.3 Å². The van der Waals surface area contributed by atoms with Gasteiger partial charge in [0.05, 0.1) is 17.3 Å². The SMILES string of the molecule is CN1CCN(c2cccc(C#N)c2)c2ccc(-c3cccnn3)cc2C1. The predicted molar refractivity (Wildman–Crippen MR) is 102 cm³/mol. The second-order valence-corrected chi connectivity index (χ2v) is 6.50. The molecule has 5 heteroatoms. The third kappa shape index (κ3) is 3.15. The van der Waals surface area contributed by atoms with E-state index in [1.54, 1.807) is 6.20 Å². The third-order valence-electron chi connectivity index (χ3n) is 4.67. The van der Waals surface area contributed by atoms with Crippen molar-refractivity contribution in [2.24, 2.45) is 0 Å². The van der Waals surface area contributed by atoms with Gasteiger partial charge in [0, 0.05) is 42.8 Å². The van der Waals surface area contributed by atoms with Gasteiger partial charge in [0.25, 0.3) is 0 Å². The molecule has 0 fully saturated rings.